The minimum absolute atomic E-state index is 0.103. The summed E-state index contributed by atoms with van der Waals surface area (Å²) in [5, 5.41) is 11.0. The Kier molecular flexibility index (Phi) is 6.34. The molecule has 0 aliphatic carbocycles. The Morgan fingerprint density at radius 2 is 1.81 bits per heavy atom. The van der Waals surface area contributed by atoms with Crippen LogP contribution in [0.2, 0.25) is 0 Å². The van der Waals surface area contributed by atoms with E-state index in [-0.39, 0.29) is 11.3 Å². The maximum absolute atomic E-state index is 13.0. The number of ether oxygens (including phenoxy) is 2. The van der Waals surface area contributed by atoms with E-state index in [0.29, 0.717) is 37.6 Å². The van der Waals surface area contributed by atoms with E-state index in [1.165, 1.54) is 0 Å². The van der Waals surface area contributed by atoms with E-state index >= 15 is 0 Å². The van der Waals surface area contributed by atoms with Crippen LogP contribution in [0.1, 0.15) is 17.2 Å². The summed E-state index contributed by atoms with van der Waals surface area (Å²) in [4.78, 5) is 29.8. The van der Waals surface area contributed by atoms with Crippen molar-refractivity contribution in [1.82, 2.24) is 9.80 Å². The smallest absolute Gasteiger partial charge is 0.295 e. The molecule has 2 fully saturated rings. The standard InChI is InChI=1S/C24H26N2O5/c1-30-19-9-5-8-18(16-19)21-20(22(27)17-6-3-2-4-7-17)23(28)24(29)26(21)11-10-25-12-14-31-15-13-25/h2-9,16,21,27H,10-15H2,1H3/t21-/m1/s1. The molecule has 2 aromatic rings. The van der Waals surface area contributed by atoms with E-state index in [0.717, 1.165) is 18.7 Å². The number of methoxy groups -OCH3 is 1. The lowest BCUT2D eigenvalue weighted by atomic mass is 9.95. The van der Waals surface area contributed by atoms with Crippen LogP contribution >= 0.6 is 0 Å². The third-order valence-electron chi connectivity index (χ3n) is 5.76. The topological polar surface area (TPSA) is 79.3 Å². The number of likely N-dealkylation sites (tertiary alicyclic amines) is 1. The zero-order valence-electron chi connectivity index (χ0n) is 17.5. The molecule has 7 heteroatoms. The third-order valence-corrected chi connectivity index (χ3v) is 5.76. The lowest BCUT2D eigenvalue weighted by Gasteiger charge is -2.31. The number of rotatable bonds is 6. The predicted octanol–water partition coefficient (Wildman–Crippen LogP) is 2.45. The number of aliphatic hydroxyl groups is 1. The molecule has 0 saturated carbocycles. The molecule has 0 spiro atoms. The molecule has 7 nitrogen and oxygen atoms in total. The Hall–Kier alpha value is -3.16. The van der Waals surface area contributed by atoms with E-state index < -0.39 is 17.7 Å². The second-order valence-corrected chi connectivity index (χ2v) is 7.59. The van der Waals surface area contributed by atoms with Gasteiger partial charge in [-0.05, 0) is 17.7 Å². The normalized spacial score (nSPS) is 21.5. The molecule has 31 heavy (non-hydrogen) atoms. The maximum Gasteiger partial charge on any atom is 0.295 e. The molecule has 0 unspecified atom stereocenters. The molecule has 2 aliphatic rings. The molecule has 1 amide bonds. The molecular formula is C24H26N2O5. The molecule has 4 rings (SSSR count). The van der Waals surface area contributed by atoms with Crippen LogP contribution in [0.15, 0.2) is 60.2 Å². The van der Waals surface area contributed by atoms with Gasteiger partial charge in [0, 0.05) is 31.7 Å². The van der Waals surface area contributed by atoms with Gasteiger partial charge >= 0.3 is 0 Å². The highest BCUT2D eigenvalue weighted by Crippen LogP contribution is 2.40. The number of nitrogens with zero attached hydrogens (tertiary/aromatic N) is 2. The van der Waals surface area contributed by atoms with Crippen molar-refractivity contribution in [3.63, 3.8) is 0 Å². The number of hydrogen-bond donors (Lipinski definition) is 1. The van der Waals surface area contributed by atoms with Crippen LogP contribution in [0.4, 0.5) is 0 Å². The summed E-state index contributed by atoms with van der Waals surface area (Å²) < 4.78 is 10.7. The number of aliphatic hydroxyl groups excluding tert-OH is 1. The summed E-state index contributed by atoms with van der Waals surface area (Å²) >= 11 is 0. The molecule has 2 aliphatic heterocycles. The number of Topliss-reactive ketones (excluding diaryl/α,β-unsaturated/α-hetero) is 1. The first-order valence-corrected chi connectivity index (χ1v) is 10.4. The molecule has 2 saturated heterocycles. The molecule has 0 radical (unpaired) electrons. The van der Waals surface area contributed by atoms with Crippen LogP contribution in [0.25, 0.3) is 5.76 Å². The van der Waals surface area contributed by atoms with Gasteiger partial charge in [-0.2, -0.15) is 0 Å². The number of benzene rings is 2. The van der Waals surface area contributed by atoms with E-state index in [4.69, 9.17) is 9.47 Å². The lowest BCUT2D eigenvalue weighted by Crippen LogP contribution is -2.42. The first-order valence-electron chi connectivity index (χ1n) is 10.4. The number of carbonyl (C=O) groups excluding carboxylic acids is 2. The van der Waals surface area contributed by atoms with Crippen LogP contribution < -0.4 is 4.74 Å². The largest absolute Gasteiger partial charge is 0.507 e. The van der Waals surface area contributed by atoms with Gasteiger partial charge in [-0.3, -0.25) is 14.5 Å². The van der Waals surface area contributed by atoms with Crippen molar-refractivity contribution in [1.29, 1.82) is 0 Å². The van der Waals surface area contributed by atoms with E-state index in [1.54, 1.807) is 48.4 Å². The average molecular weight is 422 g/mol. The minimum Gasteiger partial charge on any atom is -0.507 e. The summed E-state index contributed by atoms with van der Waals surface area (Å²) in [6, 6.07) is 15.4. The van der Waals surface area contributed by atoms with Gasteiger partial charge in [-0.15, -0.1) is 0 Å². The van der Waals surface area contributed by atoms with Gasteiger partial charge < -0.3 is 19.5 Å². The van der Waals surface area contributed by atoms with E-state index in [2.05, 4.69) is 4.90 Å². The monoisotopic (exact) mass is 422 g/mol. The zero-order valence-corrected chi connectivity index (χ0v) is 17.5. The third kappa shape index (κ3) is 4.33. The fourth-order valence-electron chi connectivity index (χ4n) is 4.09. The Morgan fingerprint density at radius 1 is 1.06 bits per heavy atom. The van der Waals surface area contributed by atoms with Crippen molar-refractivity contribution >= 4 is 17.4 Å². The van der Waals surface area contributed by atoms with Gasteiger partial charge in [0.15, 0.2) is 0 Å². The van der Waals surface area contributed by atoms with Gasteiger partial charge in [0.2, 0.25) is 0 Å². The van der Waals surface area contributed by atoms with E-state index in [9.17, 15) is 14.7 Å². The molecule has 2 heterocycles. The van der Waals surface area contributed by atoms with Gasteiger partial charge in [0.25, 0.3) is 11.7 Å². The van der Waals surface area contributed by atoms with Gasteiger partial charge in [-0.1, -0.05) is 42.5 Å². The lowest BCUT2D eigenvalue weighted by molar-refractivity contribution is -0.140. The minimum atomic E-state index is -0.684. The summed E-state index contributed by atoms with van der Waals surface area (Å²) in [5.41, 5.74) is 1.33. The fourth-order valence-corrected chi connectivity index (χ4v) is 4.09. The molecule has 1 atom stereocenters. The molecule has 1 N–H and O–H groups in total. The number of amides is 1. The Labute approximate surface area is 181 Å². The van der Waals surface area contributed by atoms with Crippen molar-refractivity contribution in [3.05, 3.63) is 71.3 Å². The number of hydrogen-bond acceptors (Lipinski definition) is 6. The Balaban J connectivity index is 1.74. The van der Waals surface area contributed by atoms with Gasteiger partial charge in [0.05, 0.1) is 31.9 Å². The van der Waals surface area contributed by atoms with E-state index in [1.807, 2.05) is 18.2 Å². The Bertz CT molecular complexity index is 982. The molecule has 162 valence electrons. The van der Waals surface area contributed by atoms with Crippen molar-refractivity contribution < 1.29 is 24.2 Å². The first-order chi connectivity index (χ1) is 15.1. The molecule has 0 bridgehead atoms. The van der Waals surface area contributed by atoms with Crippen molar-refractivity contribution in [2.24, 2.45) is 0 Å². The van der Waals surface area contributed by atoms with Crippen molar-refractivity contribution in [3.8, 4) is 5.75 Å². The van der Waals surface area contributed by atoms with Crippen molar-refractivity contribution in [2.45, 2.75) is 6.04 Å². The quantitative estimate of drug-likeness (QED) is 0.438. The van der Waals surface area contributed by atoms with Crippen LogP contribution in [-0.4, -0.2) is 73.1 Å². The van der Waals surface area contributed by atoms with Crippen LogP contribution in [0.5, 0.6) is 5.75 Å². The van der Waals surface area contributed by atoms with Gasteiger partial charge in [0.1, 0.15) is 11.5 Å². The predicted molar refractivity (Wildman–Crippen MR) is 116 cm³/mol. The highest BCUT2D eigenvalue weighted by molar-refractivity contribution is 6.46. The summed E-state index contributed by atoms with van der Waals surface area (Å²) in [7, 11) is 1.57. The second kappa shape index (κ2) is 9.32. The van der Waals surface area contributed by atoms with Gasteiger partial charge in [-0.25, -0.2) is 0 Å². The summed E-state index contributed by atoms with van der Waals surface area (Å²) in [6.07, 6.45) is 0. The summed E-state index contributed by atoms with van der Waals surface area (Å²) in [6.45, 7) is 3.90. The average Bonchev–Trinajstić information content (AvgIpc) is 3.08. The number of ketones is 1. The molecular weight excluding hydrogens is 396 g/mol. The number of carbonyl (C=O) groups is 2. The fraction of sp³-hybridized carbons (Fsp3) is 0.333. The highest BCUT2D eigenvalue weighted by atomic mass is 16.5. The van der Waals surface area contributed by atoms with Crippen LogP contribution in [0, 0.1) is 0 Å². The SMILES string of the molecule is COc1cccc([C@@H]2C(=C(O)c3ccccc3)C(=O)C(=O)N2CCN2CCOCC2)c1. The van der Waals surface area contributed by atoms with Crippen LogP contribution in [0.3, 0.4) is 0 Å². The molecule has 2 aromatic carbocycles. The second-order valence-electron chi connectivity index (χ2n) is 7.59. The maximum atomic E-state index is 13.0. The van der Waals surface area contributed by atoms with Crippen LogP contribution in [-0.2, 0) is 14.3 Å². The highest BCUT2D eigenvalue weighted by Gasteiger charge is 2.46. The zero-order chi connectivity index (χ0) is 21.8. The molecule has 0 aromatic heterocycles. The first kappa shape index (κ1) is 21.1. The Morgan fingerprint density at radius 3 is 2.52 bits per heavy atom. The number of morpholine rings is 1. The van der Waals surface area contributed by atoms with Crippen molar-refractivity contribution in [2.75, 3.05) is 46.5 Å². The summed E-state index contributed by atoms with van der Waals surface area (Å²) in [5.74, 6) is -0.814.